The quantitative estimate of drug-likeness (QED) is 0.712. The molecule has 1 atom stereocenters. The number of hydrogen-bond acceptors (Lipinski definition) is 4. The Morgan fingerprint density at radius 1 is 1.11 bits per heavy atom. The fraction of sp³-hybridized carbons (Fsp3) is 0.409. The molecule has 2 aromatic carbocycles. The second-order valence-corrected chi connectivity index (χ2v) is 9.93. The molecule has 28 heavy (non-hydrogen) atoms. The Labute approximate surface area is 167 Å². The third-order valence-corrected chi connectivity index (χ3v) is 6.54. The Kier molecular flexibility index (Phi) is 6.39. The molecule has 5 nitrogen and oxygen atoms in total. The molecule has 1 amide bonds. The summed E-state index contributed by atoms with van der Waals surface area (Å²) in [7, 11) is -3.08. The standard InChI is InChI=1S/C22H27NO4S/c1-17(2)15-27-21-10-8-19(9-11-21)22(24)23(14-18-6-4-3-5-7-18)20-12-13-28(25,26)16-20/h3-11,17,20H,12-16H2,1-2H3/t20-/m1/s1. The monoisotopic (exact) mass is 401 g/mol. The van der Waals surface area contributed by atoms with Gasteiger partial charge in [-0.15, -0.1) is 0 Å². The minimum absolute atomic E-state index is 0.0289. The highest BCUT2D eigenvalue weighted by atomic mass is 32.2. The number of benzene rings is 2. The molecule has 1 fully saturated rings. The van der Waals surface area contributed by atoms with Gasteiger partial charge in [0.15, 0.2) is 9.84 Å². The van der Waals surface area contributed by atoms with Crippen molar-refractivity contribution in [1.29, 1.82) is 0 Å². The molecular formula is C22H27NO4S. The van der Waals surface area contributed by atoms with E-state index in [9.17, 15) is 13.2 Å². The number of rotatable bonds is 7. The Hall–Kier alpha value is -2.34. The summed E-state index contributed by atoms with van der Waals surface area (Å²) in [4.78, 5) is 14.9. The van der Waals surface area contributed by atoms with Crippen molar-refractivity contribution in [3.63, 3.8) is 0 Å². The summed E-state index contributed by atoms with van der Waals surface area (Å²) in [6, 6.07) is 16.5. The number of nitrogens with zero attached hydrogens (tertiary/aromatic N) is 1. The lowest BCUT2D eigenvalue weighted by Gasteiger charge is -2.28. The van der Waals surface area contributed by atoms with E-state index >= 15 is 0 Å². The van der Waals surface area contributed by atoms with Crippen LogP contribution in [0.4, 0.5) is 0 Å². The van der Waals surface area contributed by atoms with Crippen LogP contribution in [-0.2, 0) is 16.4 Å². The van der Waals surface area contributed by atoms with E-state index in [4.69, 9.17) is 4.74 Å². The molecule has 6 heteroatoms. The molecule has 3 rings (SSSR count). The third-order valence-electron chi connectivity index (χ3n) is 4.79. The Bertz CT molecular complexity index is 892. The van der Waals surface area contributed by atoms with Crippen LogP contribution in [0.2, 0.25) is 0 Å². The molecule has 1 saturated heterocycles. The third kappa shape index (κ3) is 5.35. The van der Waals surface area contributed by atoms with Crippen LogP contribution < -0.4 is 4.74 Å². The van der Waals surface area contributed by atoms with Crippen LogP contribution in [0.1, 0.15) is 36.2 Å². The van der Waals surface area contributed by atoms with Crippen molar-refractivity contribution < 1.29 is 17.9 Å². The maximum Gasteiger partial charge on any atom is 0.254 e. The number of carbonyl (C=O) groups is 1. The van der Waals surface area contributed by atoms with Gasteiger partial charge in [0.1, 0.15) is 5.75 Å². The van der Waals surface area contributed by atoms with Crippen molar-refractivity contribution in [2.45, 2.75) is 32.9 Å². The van der Waals surface area contributed by atoms with E-state index < -0.39 is 9.84 Å². The lowest BCUT2D eigenvalue weighted by Crippen LogP contribution is -2.40. The Morgan fingerprint density at radius 2 is 1.79 bits per heavy atom. The molecule has 0 unspecified atom stereocenters. The SMILES string of the molecule is CC(C)COc1ccc(C(=O)N(Cc2ccccc2)[C@@H]2CCS(=O)(=O)C2)cc1. The normalized spacial score (nSPS) is 18.2. The number of amides is 1. The minimum Gasteiger partial charge on any atom is -0.493 e. The van der Waals surface area contributed by atoms with Crippen molar-refractivity contribution in [2.75, 3.05) is 18.1 Å². The van der Waals surface area contributed by atoms with Gasteiger partial charge in [0.2, 0.25) is 0 Å². The summed E-state index contributed by atoms with van der Waals surface area (Å²) in [5, 5.41) is 0. The molecule has 0 N–H and O–H groups in total. The summed E-state index contributed by atoms with van der Waals surface area (Å²) < 4.78 is 29.6. The summed E-state index contributed by atoms with van der Waals surface area (Å²) in [5.74, 6) is 1.16. The zero-order valence-electron chi connectivity index (χ0n) is 16.4. The molecule has 0 radical (unpaired) electrons. The van der Waals surface area contributed by atoms with Crippen LogP contribution in [0.15, 0.2) is 54.6 Å². The van der Waals surface area contributed by atoms with Crippen LogP contribution in [0, 0.1) is 5.92 Å². The van der Waals surface area contributed by atoms with E-state index in [1.54, 1.807) is 29.2 Å². The molecule has 2 aromatic rings. The lowest BCUT2D eigenvalue weighted by atomic mass is 10.1. The second kappa shape index (κ2) is 8.78. The predicted molar refractivity (Wildman–Crippen MR) is 110 cm³/mol. The zero-order chi connectivity index (χ0) is 20.1. The van der Waals surface area contributed by atoms with E-state index in [1.807, 2.05) is 30.3 Å². The minimum atomic E-state index is -3.08. The van der Waals surface area contributed by atoms with Crippen LogP contribution >= 0.6 is 0 Å². The summed E-state index contributed by atoms with van der Waals surface area (Å²) in [5.41, 5.74) is 1.52. The molecule has 1 heterocycles. The van der Waals surface area contributed by atoms with E-state index in [-0.39, 0.29) is 23.5 Å². The highest BCUT2D eigenvalue weighted by Gasteiger charge is 2.35. The molecule has 0 saturated carbocycles. The second-order valence-electron chi connectivity index (χ2n) is 7.70. The maximum absolute atomic E-state index is 13.2. The fourth-order valence-electron chi connectivity index (χ4n) is 3.29. The van der Waals surface area contributed by atoms with E-state index in [0.717, 1.165) is 11.3 Å². The number of hydrogen-bond donors (Lipinski definition) is 0. The average Bonchev–Trinajstić information content (AvgIpc) is 3.04. The Morgan fingerprint density at radius 3 is 2.36 bits per heavy atom. The molecular weight excluding hydrogens is 374 g/mol. The van der Waals surface area contributed by atoms with Gasteiger partial charge in [0.25, 0.3) is 5.91 Å². The first kappa shape index (κ1) is 20.4. The summed E-state index contributed by atoms with van der Waals surface area (Å²) in [6.07, 6.45) is 0.483. The highest BCUT2D eigenvalue weighted by molar-refractivity contribution is 7.91. The van der Waals surface area contributed by atoms with Gasteiger partial charge in [0, 0.05) is 18.2 Å². The van der Waals surface area contributed by atoms with Crippen LogP contribution in [0.3, 0.4) is 0 Å². The summed E-state index contributed by atoms with van der Waals surface area (Å²) in [6.45, 7) is 5.17. The zero-order valence-corrected chi connectivity index (χ0v) is 17.2. The van der Waals surface area contributed by atoms with E-state index in [0.29, 0.717) is 31.1 Å². The average molecular weight is 402 g/mol. The van der Waals surface area contributed by atoms with Crippen LogP contribution in [-0.4, -0.2) is 43.4 Å². The molecule has 0 spiro atoms. The fourth-order valence-corrected chi connectivity index (χ4v) is 5.02. The van der Waals surface area contributed by atoms with Crippen molar-refractivity contribution in [3.8, 4) is 5.75 Å². The Balaban J connectivity index is 1.79. The van der Waals surface area contributed by atoms with Crippen molar-refractivity contribution >= 4 is 15.7 Å². The molecule has 0 bridgehead atoms. The van der Waals surface area contributed by atoms with Crippen LogP contribution in [0.5, 0.6) is 5.75 Å². The van der Waals surface area contributed by atoms with Crippen molar-refractivity contribution in [3.05, 3.63) is 65.7 Å². The van der Waals surface area contributed by atoms with Crippen LogP contribution in [0.25, 0.3) is 0 Å². The number of ether oxygens (including phenoxy) is 1. The topological polar surface area (TPSA) is 63.7 Å². The van der Waals surface area contributed by atoms with E-state index in [2.05, 4.69) is 13.8 Å². The van der Waals surface area contributed by atoms with Gasteiger partial charge in [-0.1, -0.05) is 44.2 Å². The van der Waals surface area contributed by atoms with Gasteiger partial charge >= 0.3 is 0 Å². The lowest BCUT2D eigenvalue weighted by molar-refractivity contribution is 0.0681. The molecule has 1 aliphatic heterocycles. The first-order chi connectivity index (χ1) is 13.3. The first-order valence-electron chi connectivity index (χ1n) is 9.62. The van der Waals surface area contributed by atoms with Crippen molar-refractivity contribution in [1.82, 2.24) is 4.90 Å². The predicted octanol–water partition coefficient (Wildman–Crippen LogP) is 3.55. The van der Waals surface area contributed by atoms with Gasteiger partial charge in [-0.25, -0.2) is 8.42 Å². The first-order valence-corrected chi connectivity index (χ1v) is 11.4. The highest BCUT2D eigenvalue weighted by Crippen LogP contribution is 2.23. The molecule has 150 valence electrons. The molecule has 1 aliphatic rings. The van der Waals surface area contributed by atoms with Gasteiger partial charge in [-0.05, 0) is 42.2 Å². The van der Waals surface area contributed by atoms with Crippen molar-refractivity contribution in [2.24, 2.45) is 5.92 Å². The van der Waals surface area contributed by atoms with E-state index in [1.165, 1.54) is 0 Å². The summed E-state index contributed by atoms with van der Waals surface area (Å²) >= 11 is 0. The number of sulfone groups is 1. The largest absolute Gasteiger partial charge is 0.493 e. The van der Waals surface area contributed by atoms with Gasteiger partial charge in [-0.2, -0.15) is 0 Å². The molecule has 0 aliphatic carbocycles. The number of carbonyl (C=O) groups excluding carboxylic acids is 1. The smallest absolute Gasteiger partial charge is 0.254 e. The van der Waals surface area contributed by atoms with Gasteiger partial charge in [0.05, 0.1) is 18.1 Å². The van der Waals surface area contributed by atoms with Gasteiger partial charge in [-0.3, -0.25) is 4.79 Å². The van der Waals surface area contributed by atoms with Gasteiger partial charge < -0.3 is 9.64 Å². The maximum atomic E-state index is 13.2. The molecule has 0 aromatic heterocycles.